The van der Waals surface area contributed by atoms with E-state index in [1.54, 1.807) is 0 Å². The van der Waals surface area contributed by atoms with Gasteiger partial charge in [-0.25, -0.2) is 4.79 Å². The van der Waals surface area contributed by atoms with Crippen LogP contribution in [0.15, 0.2) is 6.07 Å². The molecule has 4 rings (SSSR count). The van der Waals surface area contributed by atoms with Gasteiger partial charge < -0.3 is 20.4 Å². The molecule has 3 aliphatic rings. The molecule has 7 heteroatoms. The Hall–Kier alpha value is -1.76. The van der Waals surface area contributed by atoms with E-state index in [2.05, 4.69) is 31.8 Å². The first-order chi connectivity index (χ1) is 11.3. The third-order valence-electron chi connectivity index (χ3n) is 5.08. The molecule has 1 saturated carbocycles. The van der Waals surface area contributed by atoms with Gasteiger partial charge in [-0.2, -0.15) is 5.10 Å². The minimum atomic E-state index is 0.110. The van der Waals surface area contributed by atoms with Crippen LogP contribution in [0.5, 0.6) is 0 Å². The second-order valence-electron chi connectivity index (χ2n) is 6.93. The van der Waals surface area contributed by atoms with Crippen LogP contribution < -0.4 is 15.5 Å². The van der Waals surface area contributed by atoms with Crippen molar-refractivity contribution in [3.63, 3.8) is 0 Å². The summed E-state index contributed by atoms with van der Waals surface area (Å²) in [7, 11) is 0. The van der Waals surface area contributed by atoms with Gasteiger partial charge in [0.2, 0.25) is 0 Å². The highest BCUT2D eigenvalue weighted by Crippen LogP contribution is 2.28. The maximum Gasteiger partial charge on any atom is 0.317 e. The van der Waals surface area contributed by atoms with Gasteiger partial charge in [0.25, 0.3) is 0 Å². The van der Waals surface area contributed by atoms with E-state index in [-0.39, 0.29) is 6.03 Å². The van der Waals surface area contributed by atoms with Gasteiger partial charge in [-0.15, -0.1) is 0 Å². The van der Waals surface area contributed by atoms with Crippen LogP contribution in [-0.2, 0) is 0 Å². The molecule has 1 atom stereocenters. The Bertz CT molecular complexity index is 549. The smallest absolute Gasteiger partial charge is 0.317 e. The molecule has 2 saturated heterocycles. The predicted octanol–water partition coefficient (Wildman–Crippen LogP) is 0.871. The van der Waals surface area contributed by atoms with E-state index in [1.165, 1.54) is 5.69 Å². The lowest BCUT2D eigenvalue weighted by atomic mass is 9.95. The summed E-state index contributed by atoms with van der Waals surface area (Å²) < 4.78 is 0. The molecule has 126 valence electrons. The average molecular weight is 318 g/mol. The fourth-order valence-electron chi connectivity index (χ4n) is 3.50. The molecule has 1 aromatic rings. The number of anilines is 1. The molecule has 1 unspecified atom stereocenters. The molecule has 3 N–H and O–H groups in total. The van der Waals surface area contributed by atoms with Crippen LogP contribution in [0.25, 0.3) is 0 Å². The highest BCUT2D eigenvalue weighted by Gasteiger charge is 2.30. The van der Waals surface area contributed by atoms with Crippen LogP contribution in [0, 0.1) is 0 Å². The monoisotopic (exact) mass is 318 g/mol. The molecule has 3 fully saturated rings. The third-order valence-corrected chi connectivity index (χ3v) is 5.08. The molecule has 0 spiro atoms. The van der Waals surface area contributed by atoms with Crippen molar-refractivity contribution in [3.8, 4) is 0 Å². The largest absolute Gasteiger partial charge is 0.353 e. The van der Waals surface area contributed by atoms with Gasteiger partial charge in [0.05, 0.1) is 0 Å². The summed E-state index contributed by atoms with van der Waals surface area (Å²) in [5.74, 6) is 1.42. The van der Waals surface area contributed by atoms with Gasteiger partial charge in [0, 0.05) is 63.0 Å². The molecule has 1 aromatic heterocycles. The molecule has 0 bridgehead atoms. The number of aromatic amines is 1. The topological polar surface area (TPSA) is 76.3 Å². The van der Waals surface area contributed by atoms with Crippen LogP contribution in [0.1, 0.15) is 37.3 Å². The number of H-pyrrole nitrogens is 1. The number of carbonyl (C=O) groups is 1. The Morgan fingerprint density at radius 2 is 2.04 bits per heavy atom. The van der Waals surface area contributed by atoms with Crippen LogP contribution >= 0.6 is 0 Å². The molecule has 3 heterocycles. The van der Waals surface area contributed by atoms with E-state index in [0.29, 0.717) is 12.0 Å². The number of carbonyl (C=O) groups excluding carboxylic acids is 1. The maximum atomic E-state index is 12.3. The predicted molar refractivity (Wildman–Crippen MR) is 88.8 cm³/mol. The molecule has 1 aliphatic carbocycles. The Labute approximate surface area is 136 Å². The summed E-state index contributed by atoms with van der Waals surface area (Å²) >= 11 is 0. The van der Waals surface area contributed by atoms with Gasteiger partial charge in [0.15, 0.2) is 5.82 Å². The average Bonchev–Trinajstić information content (AvgIpc) is 3.27. The Balaban J connectivity index is 1.38. The number of piperazine rings is 1. The number of hydrogen-bond donors (Lipinski definition) is 3. The van der Waals surface area contributed by atoms with E-state index in [1.807, 2.05) is 4.90 Å². The SMILES string of the molecule is O=C(NC1CC1)N1CCCC(c2cc(N3CCNCC3)n[nH]2)C1. The maximum absolute atomic E-state index is 12.3. The van der Waals surface area contributed by atoms with Crippen molar-refractivity contribution in [1.29, 1.82) is 0 Å². The zero-order valence-electron chi connectivity index (χ0n) is 13.6. The molecule has 23 heavy (non-hydrogen) atoms. The number of nitrogens with one attached hydrogen (secondary N) is 3. The fourth-order valence-corrected chi connectivity index (χ4v) is 3.50. The van der Waals surface area contributed by atoms with Crippen molar-refractivity contribution in [2.45, 2.75) is 37.6 Å². The van der Waals surface area contributed by atoms with Crippen molar-refractivity contribution in [2.75, 3.05) is 44.2 Å². The van der Waals surface area contributed by atoms with Crippen molar-refractivity contribution in [3.05, 3.63) is 11.8 Å². The zero-order chi connectivity index (χ0) is 15.6. The summed E-state index contributed by atoms with van der Waals surface area (Å²) in [5.41, 5.74) is 1.17. The quantitative estimate of drug-likeness (QED) is 0.773. The highest BCUT2D eigenvalue weighted by atomic mass is 16.2. The molecule has 7 nitrogen and oxygen atoms in total. The Morgan fingerprint density at radius 3 is 2.83 bits per heavy atom. The number of nitrogens with zero attached hydrogens (tertiary/aromatic N) is 3. The van der Waals surface area contributed by atoms with E-state index in [0.717, 1.165) is 70.8 Å². The number of hydrogen-bond acceptors (Lipinski definition) is 4. The third kappa shape index (κ3) is 3.44. The Morgan fingerprint density at radius 1 is 1.22 bits per heavy atom. The van der Waals surface area contributed by atoms with Gasteiger partial charge in [-0.3, -0.25) is 5.10 Å². The molecular weight excluding hydrogens is 292 g/mol. The van der Waals surface area contributed by atoms with Crippen LogP contribution in [0.2, 0.25) is 0 Å². The number of rotatable bonds is 3. The lowest BCUT2D eigenvalue weighted by Crippen LogP contribution is -2.45. The number of likely N-dealkylation sites (tertiary alicyclic amines) is 1. The second kappa shape index (κ2) is 6.39. The van der Waals surface area contributed by atoms with Gasteiger partial charge in [0.1, 0.15) is 0 Å². The summed E-state index contributed by atoms with van der Waals surface area (Å²) in [4.78, 5) is 16.5. The van der Waals surface area contributed by atoms with Crippen LogP contribution in [-0.4, -0.2) is 66.4 Å². The summed E-state index contributed by atoms with van der Waals surface area (Å²) in [6.45, 7) is 5.70. The zero-order valence-corrected chi connectivity index (χ0v) is 13.6. The summed E-state index contributed by atoms with van der Waals surface area (Å²) in [5, 5.41) is 14.2. The normalized spacial score (nSPS) is 25.5. The van der Waals surface area contributed by atoms with E-state index in [4.69, 9.17) is 0 Å². The summed E-state index contributed by atoms with van der Waals surface area (Å²) in [6, 6.07) is 2.71. The van der Waals surface area contributed by atoms with Crippen LogP contribution in [0.3, 0.4) is 0 Å². The summed E-state index contributed by atoms with van der Waals surface area (Å²) in [6.07, 6.45) is 4.45. The van der Waals surface area contributed by atoms with Crippen LogP contribution in [0.4, 0.5) is 10.6 Å². The molecule has 0 radical (unpaired) electrons. The molecule has 2 amide bonds. The first-order valence-corrected chi connectivity index (χ1v) is 8.86. The number of amides is 2. The highest BCUT2D eigenvalue weighted by molar-refractivity contribution is 5.75. The number of urea groups is 1. The van der Waals surface area contributed by atoms with E-state index >= 15 is 0 Å². The Kier molecular flexibility index (Phi) is 4.11. The number of piperidine rings is 1. The standard InChI is InChI=1S/C16H26N6O/c23-16(18-13-3-4-13)22-7-1-2-12(11-22)14-10-15(20-19-14)21-8-5-17-6-9-21/h10,12-13,17H,1-9,11H2,(H,18,23)(H,19,20). The lowest BCUT2D eigenvalue weighted by Gasteiger charge is -2.32. The molecular formula is C16H26N6O. The number of aromatic nitrogens is 2. The minimum absolute atomic E-state index is 0.110. The fraction of sp³-hybridized carbons (Fsp3) is 0.750. The van der Waals surface area contributed by atoms with Gasteiger partial charge in [-0.05, 0) is 25.7 Å². The van der Waals surface area contributed by atoms with Crippen molar-refractivity contribution >= 4 is 11.8 Å². The van der Waals surface area contributed by atoms with Gasteiger partial charge in [-0.1, -0.05) is 0 Å². The van der Waals surface area contributed by atoms with Gasteiger partial charge >= 0.3 is 6.03 Å². The van der Waals surface area contributed by atoms with Crippen molar-refractivity contribution in [1.82, 2.24) is 25.7 Å². The first-order valence-electron chi connectivity index (χ1n) is 8.86. The van der Waals surface area contributed by atoms with Crippen molar-refractivity contribution < 1.29 is 4.79 Å². The van der Waals surface area contributed by atoms with Crippen molar-refractivity contribution in [2.24, 2.45) is 0 Å². The molecule has 0 aromatic carbocycles. The lowest BCUT2D eigenvalue weighted by molar-refractivity contribution is 0.178. The van der Waals surface area contributed by atoms with E-state index in [9.17, 15) is 4.79 Å². The second-order valence-corrected chi connectivity index (χ2v) is 6.93. The molecule has 2 aliphatic heterocycles. The first kappa shape index (κ1) is 14.8. The minimum Gasteiger partial charge on any atom is -0.353 e. The van der Waals surface area contributed by atoms with E-state index < -0.39 is 0 Å².